The SMILES string of the molecule is CC.Cn1nc(-c2ccc(Nc3cc(Cl)nnc3C(N)=O)s2)cc1P(=O)(C1CC1)C1CC1. The van der Waals surface area contributed by atoms with Gasteiger partial charge < -0.3 is 15.6 Å². The lowest BCUT2D eigenvalue weighted by Gasteiger charge is -2.17. The summed E-state index contributed by atoms with van der Waals surface area (Å²) in [4.78, 5) is 12.5. The van der Waals surface area contributed by atoms with E-state index in [1.54, 1.807) is 4.68 Å². The van der Waals surface area contributed by atoms with Gasteiger partial charge in [-0.1, -0.05) is 25.4 Å². The number of aryl methyl sites for hydroxylation is 1. The lowest BCUT2D eigenvalue weighted by molar-refractivity contribution is 0.0995. The molecule has 3 aromatic heterocycles. The van der Waals surface area contributed by atoms with Crippen LogP contribution in [0.15, 0.2) is 24.3 Å². The topological polar surface area (TPSA) is 116 Å². The highest BCUT2D eigenvalue weighted by Crippen LogP contribution is 2.69. The van der Waals surface area contributed by atoms with Crippen LogP contribution >= 0.6 is 30.1 Å². The van der Waals surface area contributed by atoms with Gasteiger partial charge in [0.25, 0.3) is 5.91 Å². The summed E-state index contributed by atoms with van der Waals surface area (Å²) in [6.07, 6.45) is 4.25. The van der Waals surface area contributed by atoms with Gasteiger partial charge in [-0.25, -0.2) is 0 Å². The fourth-order valence-electron chi connectivity index (χ4n) is 3.81. The quantitative estimate of drug-likeness (QED) is 0.459. The van der Waals surface area contributed by atoms with Gasteiger partial charge in [-0.15, -0.1) is 21.5 Å². The summed E-state index contributed by atoms with van der Waals surface area (Å²) in [6.45, 7) is 4.00. The Bertz CT molecular complexity index is 1180. The van der Waals surface area contributed by atoms with Crippen molar-refractivity contribution in [2.24, 2.45) is 12.8 Å². The van der Waals surface area contributed by atoms with Crippen molar-refractivity contribution in [1.82, 2.24) is 20.0 Å². The van der Waals surface area contributed by atoms with Gasteiger partial charge in [-0.3, -0.25) is 9.48 Å². The predicted octanol–water partition coefficient (Wildman–Crippen LogP) is 4.77. The number of halogens is 1. The third kappa shape index (κ3) is 4.34. The van der Waals surface area contributed by atoms with Crippen molar-refractivity contribution in [3.05, 3.63) is 35.1 Å². The molecule has 0 aliphatic heterocycles. The van der Waals surface area contributed by atoms with Gasteiger partial charge in [0, 0.05) is 24.4 Å². The van der Waals surface area contributed by atoms with Crippen molar-refractivity contribution in [3.63, 3.8) is 0 Å². The number of carbonyl (C=O) groups excluding carboxylic acids is 1. The van der Waals surface area contributed by atoms with Crippen LogP contribution in [0.25, 0.3) is 10.6 Å². The first-order valence-corrected chi connectivity index (χ1v) is 13.7. The molecule has 5 rings (SSSR count). The number of primary amides is 1. The van der Waals surface area contributed by atoms with Crippen molar-refractivity contribution in [2.75, 3.05) is 5.32 Å². The molecule has 2 aliphatic carbocycles. The summed E-state index contributed by atoms with van der Waals surface area (Å²) in [5.74, 6) is -0.691. The molecule has 2 aliphatic rings. The summed E-state index contributed by atoms with van der Waals surface area (Å²) in [7, 11) is -0.512. The van der Waals surface area contributed by atoms with Gasteiger partial charge >= 0.3 is 0 Å². The Hall–Kier alpha value is -2.22. The molecule has 0 saturated heterocycles. The van der Waals surface area contributed by atoms with E-state index in [4.69, 9.17) is 17.3 Å². The fourth-order valence-corrected chi connectivity index (χ4v) is 8.83. The highest BCUT2D eigenvalue weighted by atomic mass is 35.5. The second-order valence-electron chi connectivity index (χ2n) is 7.77. The van der Waals surface area contributed by atoms with Crippen molar-refractivity contribution in [2.45, 2.75) is 50.8 Å². The number of rotatable bonds is 7. The molecule has 0 radical (unpaired) electrons. The van der Waals surface area contributed by atoms with E-state index in [1.807, 2.05) is 39.1 Å². The van der Waals surface area contributed by atoms with E-state index in [2.05, 4.69) is 20.6 Å². The summed E-state index contributed by atoms with van der Waals surface area (Å²) >= 11 is 7.38. The second-order valence-corrected chi connectivity index (χ2v) is 12.6. The van der Waals surface area contributed by atoms with Crippen molar-refractivity contribution >= 4 is 52.1 Å². The van der Waals surface area contributed by atoms with E-state index < -0.39 is 13.0 Å². The maximum Gasteiger partial charge on any atom is 0.271 e. The average Bonchev–Trinajstić information content (AvgIpc) is 3.69. The molecule has 32 heavy (non-hydrogen) atoms. The standard InChI is InChI=1S/C19H20ClN6O2PS.C2H6/c1-26-17(29(28,10-2-3-10)11-4-5-11)9-12(25-26)14-6-7-16(30-14)22-13-8-15(20)23-24-18(13)19(21)27;1-2/h6-11H,2-5H2,1H3,(H2,21,27)(H,22,23);1-2H3. The summed E-state index contributed by atoms with van der Waals surface area (Å²) in [5.41, 5.74) is 8.15. The lowest BCUT2D eigenvalue weighted by Crippen LogP contribution is -2.20. The van der Waals surface area contributed by atoms with Crippen LogP contribution in [-0.4, -0.2) is 37.2 Å². The molecule has 0 unspecified atom stereocenters. The molecule has 0 bridgehead atoms. The van der Waals surface area contributed by atoms with Crippen molar-refractivity contribution in [1.29, 1.82) is 0 Å². The Balaban J connectivity index is 0.00000119. The van der Waals surface area contributed by atoms with E-state index in [-0.39, 0.29) is 10.8 Å². The van der Waals surface area contributed by atoms with Gasteiger partial charge in [0.05, 0.1) is 21.0 Å². The molecule has 0 atom stereocenters. The monoisotopic (exact) mass is 492 g/mol. The van der Waals surface area contributed by atoms with Crippen LogP contribution in [0.3, 0.4) is 0 Å². The maximum atomic E-state index is 13.8. The number of carbonyl (C=O) groups is 1. The van der Waals surface area contributed by atoms with E-state index in [1.165, 1.54) is 17.4 Å². The zero-order valence-corrected chi connectivity index (χ0v) is 20.7. The minimum absolute atomic E-state index is 0.0178. The number of thiophene rings is 1. The van der Waals surface area contributed by atoms with Gasteiger partial charge in [0.2, 0.25) is 0 Å². The first-order valence-electron chi connectivity index (χ1n) is 10.7. The number of aromatic nitrogens is 4. The van der Waals surface area contributed by atoms with Crippen LogP contribution in [0.4, 0.5) is 10.7 Å². The number of nitrogens with zero attached hydrogens (tertiary/aromatic N) is 4. The van der Waals surface area contributed by atoms with Crippen LogP contribution in [-0.2, 0) is 11.6 Å². The first-order chi connectivity index (χ1) is 15.4. The summed E-state index contributed by atoms with van der Waals surface area (Å²) < 4.78 is 15.6. The molecule has 1 amide bonds. The lowest BCUT2D eigenvalue weighted by atomic mass is 10.3. The zero-order chi connectivity index (χ0) is 23.0. The van der Waals surface area contributed by atoms with Gasteiger partial charge in [0.15, 0.2) is 10.8 Å². The largest absolute Gasteiger partial charge is 0.364 e. The molecule has 3 aromatic rings. The third-order valence-electron chi connectivity index (χ3n) is 5.51. The molecule has 3 heterocycles. The van der Waals surface area contributed by atoms with Crippen LogP contribution in [0.5, 0.6) is 0 Å². The summed E-state index contributed by atoms with van der Waals surface area (Å²) in [6, 6.07) is 7.33. The molecule has 0 aromatic carbocycles. The highest BCUT2D eigenvalue weighted by molar-refractivity contribution is 7.73. The van der Waals surface area contributed by atoms with E-state index >= 15 is 0 Å². The van der Waals surface area contributed by atoms with Gasteiger partial charge in [-0.05, 0) is 43.9 Å². The minimum Gasteiger partial charge on any atom is -0.364 e. The van der Waals surface area contributed by atoms with E-state index in [9.17, 15) is 9.36 Å². The van der Waals surface area contributed by atoms with E-state index in [0.717, 1.165) is 46.7 Å². The van der Waals surface area contributed by atoms with Gasteiger partial charge in [-0.2, -0.15) is 5.10 Å². The highest BCUT2D eigenvalue weighted by Gasteiger charge is 2.53. The minimum atomic E-state index is -2.39. The van der Waals surface area contributed by atoms with Crippen LogP contribution < -0.4 is 16.5 Å². The molecule has 170 valence electrons. The Labute approximate surface area is 195 Å². The fraction of sp³-hybridized carbons (Fsp3) is 0.429. The first kappa shape index (κ1) is 23.0. The Morgan fingerprint density at radius 1 is 1.19 bits per heavy atom. The normalized spacial score (nSPS) is 15.8. The average molecular weight is 493 g/mol. The molecule has 2 saturated carbocycles. The summed E-state index contributed by atoms with van der Waals surface area (Å²) in [5, 5.41) is 16.2. The molecular formula is C21H26ClN6O2PS. The molecule has 8 nitrogen and oxygen atoms in total. The zero-order valence-electron chi connectivity index (χ0n) is 18.2. The number of anilines is 2. The maximum absolute atomic E-state index is 13.8. The Morgan fingerprint density at radius 2 is 1.84 bits per heavy atom. The molecule has 2 fully saturated rings. The molecule has 3 N–H and O–H groups in total. The van der Waals surface area contributed by atoms with Crippen LogP contribution in [0.1, 0.15) is 50.0 Å². The van der Waals surface area contributed by atoms with Crippen LogP contribution in [0.2, 0.25) is 5.15 Å². The van der Waals surface area contributed by atoms with Crippen molar-refractivity contribution in [3.8, 4) is 10.6 Å². The van der Waals surface area contributed by atoms with Crippen LogP contribution in [0, 0.1) is 0 Å². The predicted molar refractivity (Wildman–Crippen MR) is 130 cm³/mol. The Morgan fingerprint density at radius 3 is 2.44 bits per heavy atom. The third-order valence-corrected chi connectivity index (χ3v) is 11.1. The smallest absolute Gasteiger partial charge is 0.271 e. The molecule has 11 heteroatoms. The molecular weight excluding hydrogens is 467 g/mol. The van der Waals surface area contributed by atoms with E-state index in [0.29, 0.717) is 17.0 Å². The molecule has 0 spiro atoms. The number of amides is 1. The number of hydrogen-bond acceptors (Lipinski definition) is 7. The second kappa shape index (κ2) is 8.96. The Kier molecular flexibility index (Phi) is 6.43. The van der Waals surface area contributed by atoms with Crippen molar-refractivity contribution < 1.29 is 9.36 Å². The number of nitrogens with one attached hydrogen (secondary N) is 1. The van der Waals surface area contributed by atoms with Gasteiger partial charge in [0.1, 0.15) is 12.8 Å². The number of nitrogens with two attached hydrogens (primary N) is 1. The number of hydrogen-bond donors (Lipinski definition) is 2.